The summed E-state index contributed by atoms with van der Waals surface area (Å²) in [5.74, 6) is 1.65. The van der Waals surface area contributed by atoms with Gasteiger partial charge >= 0.3 is 0 Å². The predicted molar refractivity (Wildman–Crippen MR) is 74.9 cm³/mol. The van der Waals surface area contributed by atoms with Gasteiger partial charge in [0.25, 0.3) is 0 Å². The molecule has 1 saturated heterocycles. The first-order valence-corrected chi connectivity index (χ1v) is 7.58. The highest BCUT2D eigenvalue weighted by atomic mass is 19.1. The van der Waals surface area contributed by atoms with E-state index in [1.165, 1.54) is 31.4 Å². The minimum Gasteiger partial charge on any atom is -0.369 e. The fourth-order valence-electron chi connectivity index (χ4n) is 4.35. The van der Waals surface area contributed by atoms with Crippen LogP contribution in [-0.4, -0.2) is 25.7 Å². The van der Waals surface area contributed by atoms with Crippen LogP contribution in [0.3, 0.4) is 0 Å². The van der Waals surface area contributed by atoms with Gasteiger partial charge in [0, 0.05) is 24.8 Å². The molecule has 2 fully saturated rings. The third-order valence-electron chi connectivity index (χ3n) is 5.33. The standard InChI is InChI=1S/C16H21FN2/c17-13-5-4-11-6-7-19(16(11)8-13)10-15-14-3-1-2-12(14)9-18-15/h4-5,8,12,14-15,18H,1-3,6-7,9-10H2. The second-order valence-corrected chi connectivity index (χ2v) is 6.34. The zero-order valence-corrected chi connectivity index (χ0v) is 11.2. The Morgan fingerprint density at radius 3 is 3.21 bits per heavy atom. The molecule has 2 nitrogen and oxygen atoms in total. The lowest BCUT2D eigenvalue weighted by Crippen LogP contribution is -2.40. The normalized spacial score (nSPS) is 32.7. The summed E-state index contributed by atoms with van der Waals surface area (Å²) in [6, 6.07) is 5.86. The molecule has 2 heterocycles. The van der Waals surface area contributed by atoms with Crippen LogP contribution in [0.4, 0.5) is 10.1 Å². The van der Waals surface area contributed by atoms with Gasteiger partial charge in [0.1, 0.15) is 5.82 Å². The van der Waals surface area contributed by atoms with E-state index < -0.39 is 0 Å². The lowest BCUT2D eigenvalue weighted by Gasteiger charge is -2.27. The van der Waals surface area contributed by atoms with E-state index in [0.717, 1.165) is 37.0 Å². The van der Waals surface area contributed by atoms with Crippen molar-refractivity contribution in [3.63, 3.8) is 0 Å². The van der Waals surface area contributed by atoms with Crippen LogP contribution in [0.2, 0.25) is 0 Å². The molecule has 2 aliphatic heterocycles. The molecular weight excluding hydrogens is 239 g/mol. The van der Waals surface area contributed by atoms with E-state index in [-0.39, 0.29) is 5.82 Å². The molecule has 1 aromatic carbocycles. The third kappa shape index (κ3) is 1.95. The van der Waals surface area contributed by atoms with Crippen molar-refractivity contribution in [2.24, 2.45) is 11.8 Å². The van der Waals surface area contributed by atoms with Gasteiger partial charge in [0.15, 0.2) is 0 Å². The molecule has 0 aromatic heterocycles. The lowest BCUT2D eigenvalue weighted by atomic mass is 9.94. The minimum atomic E-state index is -0.108. The molecule has 1 N–H and O–H groups in total. The summed E-state index contributed by atoms with van der Waals surface area (Å²) in [7, 11) is 0. The first-order valence-electron chi connectivity index (χ1n) is 7.58. The van der Waals surface area contributed by atoms with E-state index in [4.69, 9.17) is 0 Å². The van der Waals surface area contributed by atoms with Crippen LogP contribution in [-0.2, 0) is 6.42 Å². The van der Waals surface area contributed by atoms with Gasteiger partial charge in [-0.15, -0.1) is 0 Å². The van der Waals surface area contributed by atoms with Crippen LogP contribution in [0.5, 0.6) is 0 Å². The average Bonchev–Trinajstić information content (AvgIpc) is 3.08. The summed E-state index contributed by atoms with van der Waals surface area (Å²) in [5.41, 5.74) is 2.44. The van der Waals surface area contributed by atoms with Gasteiger partial charge in [-0.3, -0.25) is 0 Å². The van der Waals surface area contributed by atoms with Crippen molar-refractivity contribution < 1.29 is 4.39 Å². The van der Waals surface area contributed by atoms with Gasteiger partial charge in [-0.25, -0.2) is 4.39 Å². The zero-order chi connectivity index (χ0) is 12.8. The molecule has 4 rings (SSSR count). The zero-order valence-electron chi connectivity index (χ0n) is 11.2. The minimum absolute atomic E-state index is 0.108. The number of nitrogens with zero attached hydrogens (tertiary/aromatic N) is 1. The Morgan fingerprint density at radius 1 is 1.32 bits per heavy atom. The molecular formula is C16H21FN2. The van der Waals surface area contributed by atoms with Gasteiger partial charge in [-0.2, -0.15) is 0 Å². The third-order valence-corrected chi connectivity index (χ3v) is 5.33. The largest absolute Gasteiger partial charge is 0.369 e. The number of hydrogen-bond donors (Lipinski definition) is 1. The Labute approximate surface area is 114 Å². The monoisotopic (exact) mass is 260 g/mol. The van der Waals surface area contributed by atoms with E-state index in [9.17, 15) is 4.39 Å². The quantitative estimate of drug-likeness (QED) is 0.879. The van der Waals surface area contributed by atoms with Crippen molar-refractivity contribution >= 4 is 5.69 Å². The Balaban J connectivity index is 1.52. The summed E-state index contributed by atoms with van der Waals surface area (Å²) in [5, 5.41) is 3.70. The summed E-state index contributed by atoms with van der Waals surface area (Å²) in [6.45, 7) is 3.30. The van der Waals surface area contributed by atoms with Crippen LogP contribution < -0.4 is 10.2 Å². The molecule has 3 heteroatoms. The molecule has 1 saturated carbocycles. The van der Waals surface area contributed by atoms with E-state index in [2.05, 4.69) is 10.2 Å². The van der Waals surface area contributed by atoms with Crippen LogP contribution in [0, 0.1) is 17.7 Å². The first kappa shape index (κ1) is 11.7. The molecule has 0 spiro atoms. The summed E-state index contributed by atoms with van der Waals surface area (Å²) < 4.78 is 13.4. The topological polar surface area (TPSA) is 15.3 Å². The molecule has 1 aromatic rings. The number of rotatable bonds is 2. The van der Waals surface area contributed by atoms with Gasteiger partial charge in [0.05, 0.1) is 0 Å². The highest BCUT2D eigenvalue weighted by Gasteiger charge is 2.39. The van der Waals surface area contributed by atoms with Crippen molar-refractivity contribution in [3.8, 4) is 0 Å². The molecule has 1 aliphatic carbocycles. The van der Waals surface area contributed by atoms with Crippen molar-refractivity contribution in [3.05, 3.63) is 29.6 Å². The summed E-state index contributed by atoms with van der Waals surface area (Å²) in [6.07, 6.45) is 5.25. The van der Waals surface area contributed by atoms with Gasteiger partial charge in [0.2, 0.25) is 0 Å². The molecule has 0 amide bonds. The maximum absolute atomic E-state index is 13.4. The van der Waals surface area contributed by atoms with Crippen molar-refractivity contribution in [2.45, 2.75) is 31.7 Å². The summed E-state index contributed by atoms with van der Waals surface area (Å²) >= 11 is 0. The fourth-order valence-corrected chi connectivity index (χ4v) is 4.35. The van der Waals surface area contributed by atoms with Gasteiger partial charge < -0.3 is 10.2 Å². The first-order chi connectivity index (χ1) is 9.31. The number of halogens is 1. The van der Waals surface area contributed by atoms with Gasteiger partial charge in [-0.05, 0) is 55.3 Å². The second-order valence-electron chi connectivity index (χ2n) is 6.34. The Hall–Kier alpha value is -1.09. The highest BCUT2D eigenvalue weighted by molar-refractivity contribution is 5.58. The molecule has 102 valence electrons. The molecule has 0 radical (unpaired) electrons. The van der Waals surface area contributed by atoms with Crippen molar-refractivity contribution in [2.75, 3.05) is 24.5 Å². The number of benzene rings is 1. The summed E-state index contributed by atoms with van der Waals surface area (Å²) in [4.78, 5) is 2.39. The highest BCUT2D eigenvalue weighted by Crippen LogP contribution is 2.39. The van der Waals surface area contributed by atoms with E-state index in [1.807, 2.05) is 6.07 Å². The average molecular weight is 260 g/mol. The van der Waals surface area contributed by atoms with Crippen LogP contribution >= 0.6 is 0 Å². The van der Waals surface area contributed by atoms with Crippen molar-refractivity contribution in [1.29, 1.82) is 0 Å². The molecule has 19 heavy (non-hydrogen) atoms. The molecule has 3 unspecified atom stereocenters. The second kappa shape index (κ2) is 4.48. The number of anilines is 1. The number of hydrogen-bond acceptors (Lipinski definition) is 2. The lowest BCUT2D eigenvalue weighted by molar-refractivity contribution is 0.410. The van der Waals surface area contributed by atoms with E-state index >= 15 is 0 Å². The number of nitrogens with one attached hydrogen (secondary N) is 1. The van der Waals surface area contributed by atoms with Crippen LogP contribution in [0.25, 0.3) is 0 Å². The van der Waals surface area contributed by atoms with Crippen LogP contribution in [0.1, 0.15) is 24.8 Å². The van der Waals surface area contributed by atoms with E-state index in [1.54, 1.807) is 12.1 Å². The molecule has 0 bridgehead atoms. The molecule has 3 aliphatic rings. The Morgan fingerprint density at radius 2 is 2.26 bits per heavy atom. The molecule has 3 atom stereocenters. The predicted octanol–water partition coefficient (Wildman–Crippen LogP) is 2.58. The Kier molecular flexibility index (Phi) is 2.76. The van der Waals surface area contributed by atoms with Crippen LogP contribution in [0.15, 0.2) is 18.2 Å². The Bertz CT molecular complexity index is 488. The fraction of sp³-hybridized carbons (Fsp3) is 0.625. The van der Waals surface area contributed by atoms with Gasteiger partial charge in [-0.1, -0.05) is 12.5 Å². The van der Waals surface area contributed by atoms with Crippen molar-refractivity contribution in [1.82, 2.24) is 5.32 Å². The van der Waals surface area contributed by atoms with E-state index in [0.29, 0.717) is 6.04 Å². The maximum Gasteiger partial charge on any atom is 0.125 e. The SMILES string of the molecule is Fc1ccc2c(c1)N(CC1NCC3CCCC31)CC2. The maximum atomic E-state index is 13.4. The number of fused-ring (bicyclic) bond motifs is 2. The smallest absolute Gasteiger partial charge is 0.125 e.